The molecule has 0 saturated heterocycles. The number of amides is 1. The van der Waals surface area contributed by atoms with Crippen molar-refractivity contribution in [3.8, 4) is 6.07 Å². The number of fused-ring (bicyclic) bond motifs is 1. The van der Waals surface area contributed by atoms with Gasteiger partial charge in [-0.1, -0.05) is 35.0 Å². The third-order valence-electron chi connectivity index (χ3n) is 6.32. The molecule has 2 N–H and O–H groups in total. The van der Waals surface area contributed by atoms with Crippen LogP contribution in [0, 0.1) is 11.3 Å². The van der Waals surface area contributed by atoms with E-state index in [1.54, 1.807) is 23.0 Å². The summed E-state index contributed by atoms with van der Waals surface area (Å²) in [6, 6.07) is 14.1. The fourth-order valence-corrected chi connectivity index (χ4v) is 4.70. The number of nitrogens with one attached hydrogen (secondary N) is 2. The van der Waals surface area contributed by atoms with Crippen LogP contribution in [0.4, 0.5) is 0 Å². The minimum Gasteiger partial charge on any atom is -0.348 e. The number of rotatable bonds is 5. The van der Waals surface area contributed by atoms with Gasteiger partial charge in [0, 0.05) is 17.6 Å². The number of nitrogens with zero attached hydrogens (tertiary/aromatic N) is 4. The van der Waals surface area contributed by atoms with E-state index >= 15 is 0 Å². The topological polar surface area (TPSA) is 95.6 Å². The molecule has 0 radical (unpaired) electrons. The van der Waals surface area contributed by atoms with Crippen molar-refractivity contribution in [3.05, 3.63) is 81.1 Å². The summed E-state index contributed by atoms with van der Waals surface area (Å²) >= 11 is 6.10. The Bertz CT molecular complexity index is 1210. The molecule has 1 aliphatic carbocycles. The average Bonchev–Trinajstić information content (AvgIpc) is 3.24. The molecule has 8 heteroatoms. The maximum absolute atomic E-state index is 12.6. The molecule has 1 aromatic heterocycles. The second-order valence-corrected chi connectivity index (χ2v) is 8.95. The van der Waals surface area contributed by atoms with Crippen molar-refractivity contribution >= 4 is 17.5 Å². The van der Waals surface area contributed by atoms with E-state index in [1.807, 2.05) is 6.07 Å². The zero-order valence-corrected chi connectivity index (χ0v) is 18.3. The van der Waals surface area contributed by atoms with Crippen molar-refractivity contribution in [1.29, 1.82) is 5.26 Å². The van der Waals surface area contributed by atoms with E-state index in [1.165, 1.54) is 11.1 Å². The van der Waals surface area contributed by atoms with Gasteiger partial charge in [0.15, 0.2) is 5.69 Å². The van der Waals surface area contributed by atoms with Crippen LogP contribution in [-0.4, -0.2) is 33.5 Å². The molecule has 0 spiro atoms. The molecule has 5 rings (SSSR count). The maximum Gasteiger partial charge on any atom is 0.273 e. The predicted molar refractivity (Wildman–Crippen MR) is 120 cm³/mol. The molecule has 2 heterocycles. The zero-order chi connectivity index (χ0) is 22.1. The summed E-state index contributed by atoms with van der Waals surface area (Å²) in [4.78, 5) is 12.6. The summed E-state index contributed by atoms with van der Waals surface area (Å²) in [6.07, 6.45) is 4.27. The minimum atomic E-state index is -0.220. The highest BCUT2D eigenvalue weighted by atomic mass is 35.5. The van der Waals surface area contributed by atoms with Crippen LogP contribution in [0.1, 0.15) is 57.1 Å². The van der Waals surface area contributed by atoms with Crippen LogP contribution in [0.2, 0.25) is 5.02 Å². The van der Waals surface area contributed by atoms with E-state index in [2.05, 4.69) is 45.2 Å². The normalized spacial score (nSPS) is 19.5. The van der Waals surface area contributed by atoms with Crippen LogP contribution in [-0.2, 0) is 19.5 Å². The fraction of sp³-hybridized carbons (Fsp3) is 0.333. The van der Waals surface area contributed by atoms with Crippen molar-refractivity contribution < 1.29 is 4.79 Å². The Morgan fingerprint density at radius 1 is 1.25 bits per heavy atom. The van der Waals surface area contributed by atoms with E-state index in [0.717, 1.165) is 43.5 Å². The number of halogens is 1. The first-order chi connectivity index (χ1) is 15.6. The van der Waals surface area contributed by atoms with Crippen molar-refractivity contribution in [2.45, 2.75) is 44.3 Å². The molecular weight excluding hydrogens is 424 g/mol. The monoisotopic (exact) mass is 446 g/mol. The van der Waals surface area contributed by atoms with Crippen molar-refractivity contribution in [1.82, 2.24) is 25.6 Å². The van der Waals surface area contributed by atoms with Gasteiger partial charge < -0.3 is 10.6 Å². The van der Waals surface area contributed by atoms with Gasteiger partial charge in [-0.2, -0.15) is 5.26 Å². The molecule has 1 aliphatic heterocycles. The third-order valence-corrected chi connectivity index (χ3v) is 6.56. The van der Waals surface area contributed by atoms with Gasteiger partial charge >= 0.3 is 0 Å². The van der Waals surface area contributed by atoms with Gasteiger partial charge in [0.05, 0.1) is 24.4 Å². The van der Waals surface area contributed by atoms with Gasteiger partial charge in [0.1, 0.15) is 0 Å². The molecule has 2 aromatic carbocycles. The molecular formula is C24H23ClN6O. The second kappa shape index (κ2) is 8.73. The molecule has 1 saturated carbocycles. The number of carbonyl (C=O) groups excluding carboxylic acids is 1. The lowest BCUT2D eigenvalue weighted by Crippen LogP contribution is -2.43. The molecule has 2 aliphatic rings. The third kappa shape index (κ3) is 4.24. The lowest BCUT2D eigenvalue weighted by molar-refractivity contribution is 0.0903. The highest BCUT2D eigenvalue weighted by Crippen LogP contribution is 2.39. The first kappa shape index (κ1) is 20.7. The van der Waals surface area contributed by atoms with Crippen LogP contribution in [0.15, 0.2) is 42.6 Å². The molecule has 0 unspecified atom stereocenters. The Balaban J connectivity index is 1.18. The molecule has 0 bridgehead atoms. The summed E-state index contributed by atoms with van der Waals surface area (Å²) in [5, 5.41) is 24.5. The molecule has 0 atom stereocenters. The number of carbonyl (C=O) groups is 1. The second-order valence-electron chi connectivity index (χ2n) is 8.51. The van der Waals surface area contributed by atoms with Crippen molar-refractivity contribution in [3.63, 3.8) is 0 Å². The predicted octanol–water partition coefficient (Wildman–Crippen LogP) is 3.17. The van der Waals surface area contributed by atoms with E-state index in [9.17, 15) is 10.1 Å². The molecule has 1 amide bonds. The van der Waals surface area contributed by atoms with Gasteiger partial charge in [0.25, 0.3) is 5.91 Å². The fourth-order valence-electron chi connectivity index (χ4n) is 4.52. The maximum atomic E-state index is 12.6. The van der Waals surface area contributed by atoms with E-state index < -0.39 is 0 Å². The number of hydrogen-bond donors (Lipinski definition) is 2. The van der Waals surface area contributed by atoms with Crippen molar-refractivity contribution in [2.75, 3.05) is 6.54 Å². The lowest BCUT2D eigenvalue weighted by atomic mass is 9.74. The summed E-state index contributed by atoms with van der Waals surface area (Å²) in [6.45, 7) is 2.50. The SMILES string of the molecule is N#Cc1ccc(Cl)cc1C1CC(NC(=O)c2cn(Cc3ccc4c(c3)CCNC4)nn2)C1. The highest BCUT2D eigenvalue weighted by Gasteiger charge is 2.33. The van der Waals surface area contributed by atoms with Gasteiger partial charge in [-0.25, -0.2) is 4.68 Å². The molecule has 32 heavy (non-hydrogen) atoms. The van der Waals surface area contributed by atoms with Crippen LogP contribution in [0.3, 0.4) is 0 Å². The number of hydrogen-bond acceptors (Lipinski definition) is 5. The molecule has 3 aromatic rings. The average molecular weight is 447 g/mol. The zero-order valence-electron chi connectivity index (χ0n) is 17.5. The highest BCUT2D eigenvalue weighted by molar-refractivity contribution is 6.30. The quantitative estimate of drug-likeness (QED) is 0.627. The Morgan fingerprint density at radius 2 is 2.12 bits per heavy atom. The number of nitriles is 1. The van der Waals surface area contributed by atoms with Gasteiger partial charge in [-0.15, -0.1) is 5.10 Å². The van der Waals surface area contributed by atoms with Crippen molar-refractivity contribution in [2.24, 2.45) is 0 Å². The first-order valence-corrected chi connectivity index (χ1v) is 11.2. The van der Waals surface area contributed by atoms with E-state index in [0.29, 0.717) is 22.8 Å². The summed E-state index contributed by atoms with van der Waals surface area (Å²) in [5.41, 5.74) is 5.79. The smallest absolute Gasteiger partial charge is 0.273 e. The van der Waals surface area contributed by atoms with Crippen LogP contribution < -0.4 is 10.6 Å². The molecule has 162 valence electrons. The number of aromatic nitrogens is 3. The standard InChI is InChI=1S/C24H23ClN6O/c25-20-4-3-17(11-26)22(10-20)19-8-21(9-19)28-24(32)23-14-31(30-29-23)13-15-1-2-18-12-27-6-5-16(18)7-15/h1-4,7,10,14,19,21,27H,5-6,8-9,12-13H2,(H,28,32). The van der Waals surface area contributed by atoms with Crippen LogP contribution in [0.25, 0.3) is 0 Å². The Morgan fingerprint density at radius 3 is 2.97 bits per heavy atom. The van der Waals surface area contributed by atoms with Gasteiger partial charge in [-0.05, 0) is 72.2 Å². The molecule has 7 nitrogen and oxygen atoms in total. The minimum absolute atomic E-state index is 0.0532. The van der Waals surface area contributed by atoms with E-state index in [4.69, 9.17) is 11.6 Å². The van der Waals surface area contributed by atoms with Crippen LogP contribution in [0.5, 0.6) is 0 Å². The largest absolute Gasteiger partial charge is 0.348 e. The summed E-state index contributed by atoms with van der Waals surface area (Å²) < 4.78 is 1.70. The Hall–Kier alpha value is -3.21. The van der Waals surface area contributed by atoms with Gasteiger partial charge in [0.2, 0.25) is 0 Å². The molecule has 1 fully saturated rings. The summed E-state index contributed by atoms with van der Waals surface area (Å²) in [5.74, 6) is 0.00589. The summed E-state index contributed by atoms with van der Waals surface area (Å²) in [7, 11) is 0. The Labute approximate surface area is 191 Å². The van der Waals surface area contributed by atoms with Crippen LogP contribution >= 0.6 is 11.6 Å². The lowest BCUT2D eigenvalue weighted by Gasteiger charge is -2.36. The first-order valence-electron chi connectivity index (χ1n) is 10.8. The van der Waals surface area contributed by atoms with Gasteiger partial charge in [-0.3, -0.25) is 4.79 Å². The van der Waals surface area contributed by atoms with E-state index in [-0.39, 0.29) is 17.9 Å². The Kier molecular flexibility index (Phi) is 5.64. The number of benzene rings is 2.